The lowest BCUT2D eigenvalue weighted by atomic mass is 10.1. The van der Waals surface area contributed by atoms with Crippen molar-refractivity contribution < 1.29 is 4.74 Å². The number of likely N-dealkylation sites (N-methyl/N-ethyl adjacent to an activating group) is 1. The molecule has 1 aromatic rings. The van der Waals surface area contributed by atoms with Gasteiger partial charge in [0.25, 0.3) is 0 Å². The van der Waals surface area contributed by atoms with Crippen molar-refractivity contribution in [3.05, 3.63) is 29.3 Å². The van der Waals surface area contributed by atoms with E-state index in [-0.39, 0.29) is 24.0 Å². The molecule has 0 spiro atoms. The van der Waals surface area contributed by atoms with Crippen LogP contribution in [0.25, 0.3) is 0 Å². The second kappa shape index (κ2) is 12.4. The van der Waals surface area contributed by atoms with Crippen LogP contribution in [-0.4, -0.2) is 75.2 Å². The molecule has 154 valence electrons. The van der Waals surface area contributed by atoms with Gasteiger partial charge in [-0.25, -0.2) is 0 Å². The zero-order valence-electron chi connectivity index (χ0n) is 17.4. The molecule has 1 heterocycles. The summed E-state index contributed by atoms with van der Waals surface area (Å²) in [5.74, 6) is 1.74. The van der Waals surface area contributed by atoms with E-state index in [0.29, 0.717) is 12.6 Å². The van der Waals surface area contributed by atoms with E-state index in [0.717, 1.165) is 43.5 Å². The van der Waals surface area contributed by atoms with Crippen molar-refractivity contribution in [1.29, 1.82) is 0 Å². The SMILES string of the molecule is CCN1CCN(C(C)CNC(=NC)NCc2ccc(C)cc2OC)CC1.I. The van der Waals surface area contributed by atoms with E-state index in [1.54, 1.807) is 7.11 Å². The van der Waals surface area contributed by atoms with Crippen LogP contribution in [0, 0.1) is 6.92 Å². The van der Waals surface area contributed by atoms with Gasteiger partial charge in [0, 0.05) is 57.9 Å². The molecule has 1 aliphatic heterocycles. The molecule has 0 aliphatic carbocycles. The first-order chi connectivity index (χ1) is 12.6. The molecule has 2 N–H and O–H groups in total. The van der Waals surface area contributed by atoms with Crippen molar-refractivity contribution in [3.8, 4) is 5.75 Å². The smallest absolute Gasteiger partial charge is 0.191 e. The molecule has 2 rings (SSSR count). The molecule has 1 saturated heterocycles. The highest BCUT2D eigenvalue weighted by Crippen LogP contribution is 2.19. The topological polar surface area (TPSA) is 52.1 Å². The van der Waals surface area contributed by atoms with Gasteiger partial charge in [0.2, 0.25) is 0 Å². The van der Waals surface area contributed by atoms with Crippen molar-refractivity contribution in [2.75, 3.05) is 53.4 Å². The van der Waals surface area contributed by atoms with Gasteiger partial charge in [-0.05, 0) is 32.0 Å². The maximum absolute atomic E-state index is 5.48. The molecule has 1 aliphatic rings. The van der Waals surface area contributed by atoms with E-state index in [1.165, 1.54) is 18.7 Å². The molecule has 6 nitrogen and oxygen atoms in total. The van der Waals surface area contributed by atoms with E-state index in [9.17, 15) is 0 Å². The zero-order valence-corrected chi connectivity index (χ0v) is 19.7. The summed E-state index contributed by atoms with van der Waals surface area (Å²) in [5.41, 5.74) is 2.33. The minimum absolute atomic E-state index is 0. The summed E-state index contributed by atoms with van der Waals surface area (Å²) in [6, 6.07) is 6.75. The molecular weight excluding hydrogens is 453 g/mol. The van der Waals surface area contributed by atoms with Gasteiger partial charge >= 0.3 is 0 Å². The van der Waals surface area contributed by atoms with Crippen LogP contribution in [0.1, 0.15) is 25.0 Å². The minimum Gasteiger partial charge on any atom is -0.496 e. The molecule has 1 atom stereocenters. The van der Waals surface area contributed by atoms with Gasteiger partial charge in [-0.2, -0.15) is 0 Å². The van der Waals surface area contributed by atoms with Gasteiger partial charge in [-0.15, -0.1) is 24.0 Å². The molecule has 0 amide bonds. The van der Waals surface area contributed by atoms with E-state index in [2.05, 4.69) is 64.4 Å². The maximum atomic E-state index is 5.48. The number of hydrogen-bond donors (Lipinski definition) is 2. The Balaban J connectivity index is 0.00000364. The highest BCUT2D eigenvalue weighted by molar-refractivity contribution is 14.0. The van der Waals surface area contributed by atoms with E-state index in [4.69, 9.17) is 4.74 Å². The Morgan fingerprint density at radius 3 is 2.52 bits per heavy atom. The highest BCUT2D eigenvalue weighted by Gasteiger charge is 2.20. The Bertz CT molecular complexity index is 588. The lowest BCUT2D eigenvalue weighted by Crippen LogP contribution is -2.53. The Morgan fingerprint density at radius 1 is 1.22 bits per heavy atom. The van der Waals surface area contributed by atoms with Gasteiger partial charge in [0.15, 0.2) is 5.96 Å². The molecule has 0 radical (unpaired) electrons. The first kappa shape index (κ1) is 24.0. The van der Waals surface area contributed by atoms with Crippen molar-refractivity contribution >= 4 is 29.9 Å². The number of benzene rings is 1. The minimum atomic E-state index is 0. The number of hydrogen-bond acceptors (Lipinski definition) is 4. The average Bonchev–Trinajstić information content (AvgIpc) is 2.68. The van der Waals surface area contributed by atoms with Crippen molar-refractivity contribution in [2.45, 2.75) is 33.4 Å². The maximum Gasteiger partial charge on any atom is 0.191 e. The van der Waals surface area contributed by atoms with Crippen LogP contribution in [0.4, 0.5) is 0 Å². The molecular formula is C20H36IN5O. The first-order valence-corrected chi connectivity index (χ1v) is 9.61. The van der Waals surface area contributed by atoms with Crippen LogP contribution in [0.3, 0.4) is 0 Å². The summed E-state index contributed by atoms with van der Waals surface area (Å²) in [6.45, 7) is 13.9. The molecule has 7 heteroatoms. The summed E-state index contributed by atoms with van der Waals surface area (Å²) in [4.78, 5) is 9.40. The van der Waals surface area contributed by atoms with E-state index < -0.39 is 0 Å². The van der Waals surface area contributed by atoms with Gasteiger partial charge in [-0.1, -0.05) is 19.1 Å². The molecule has 27 heavy (non-hydrogen) atoms. The number of rotatable bonds is 7. The molecule has 0 bridgehead atoms. The van der Waals surface area contributed by atoms with Crippen molar-refractivity contribution in [1.82, 2.24) is 20.4 Å². The van der Waals surface area contributed by atoms with Gasteiger partial charge in [0.05, 0.1) is 7.11 Å². The molecule has 1 fully saturated rings. The monoisotopic (exact) mass is 489 g/mol. The summed E-state index contributed by atoms with van der Waals surface area (Å²) in [7, 11) is 3.53. The summed E-state index contributed by atoms with van der Waals surface area (Å²) >= 11 is 0. The Kier molecular flexibility index (Phi) is 11.0. The van der Waals surface area contributed by atoms with Crippen LogP contribution in [0.15, 0.2) is 23.2 Å². The predicted octanol–water partition coefficient (Wildman–Crippen LogP) is 2.31. The normalized spacial score (nSPS) is 17.1. The van der Waals surface area contributed by atoms with Gasteiger partial charge in [-0.3, -0.25) is 9.89 Å². The molecule has 1 unspecified atom stereocenters. The standard InChI is InChI=1S/C20H35N5O.HI/c1-6-24-9-11-25(12-10-24)17(3)14-22-20(21-4)23-15-18-8-7-16(2)13-19(18)26-5;/h7-8,13,17H,6,9-12,14-15H2,1-5H3,(H2,21,22,23);1H. The lowest BCUT2D eigenvalue weighted by Gasteiger charge is -2.37. The van der Waals surface area contributed by atoms with Gasteiger partial charge < -0.3 is 20.3 Å². The highest BCUT2D eigenvalue weighted by atomic mass is 127. The Morgan fingerprint density at radius 2 is 1.93 bits per heavy atom. The third-order valence-electron chi connectivity index (χ3n) is 5.15. The number of aliphatic imine (C=N–C) groups is 1. The number of nitrogens with one attached hydrogen (secondary N) is 2. The van der Waals surface area contributed by atoms with Gasteiger partial charge in [0.1, 0.15) is 5.75 Å². The Labute approximate surface area is 181 Å². The molecule has 1 aromatic carbocycles. The number of ether oxygens (including phenoxy) is 1. The molecule has 0 saturated carbocycles. The summed E-state index contributed by atoms with van der Waals surface area (Å²) < 4.78 is 5.48. The number of aryl methyl sites for hydroxylation is 1. The number of guanidine groups is 1. The summed E-state index contributed by atoms with van der Waals surface area (Å²) in [6.07, 6.45) is 0. The van der Waals surface area contributed by atoms with Crippen LogP contribution < -0.4 is 15.4 Å². The number of methoxy groups -OCH3 is 1. The van der Waals surface area contributed by atoms with Crippen LogP contribution in [0.2, 0.25) is 0 Å². The average molecular weight is 489 g/mol. The van der Waals surface area contributed by atoms with Crippen molar-refractivity contribution in [2.24, 2.45) is 4.99 Å². The third kappa shape index (κ3) is 7.46. The van der Waals surface area contributed by atoms with Crippen LogP contribution in [-0.2, 0) is 6.54 Å². The van der Waals surface area contributed by atoms with E-state index in [1.807, 2.05) is 7.05 Å². The number of halogens is 1. The predicted molar refractivity (Wildman–Crippen MR) is 124 cm³/mol. The first-order valence-electron chi connectivity index (χ1n) is 9.61. The quantitative estimate of drug-likeness (QED) is 0.350. The largest absolute Gasteiger partial charge is 0.496 e. The fourth-order valence-electron chi connectivity index (χ4n) is 3.29. The summed E-state index contributed by atoms with van der Waals surface area (Å²) in [5, 5.41) is 6.84. The number of nitrogens with zero attached hydrogens (tertiary/aromatic N) is 3. The Hall–Kier alpha value is -1.06. The lowest BCUT2D eigenvalue weighted by molar-refractivity contribution is 0.107. The van der Waals surface area contributed by atoms with E-state index >= 15 is 0 Å². The third-order valence-corrected chi connectivity index (χ3v) is 5.15. The second-order valence-corrected chi connectivity index (χ2v) is 6.94. The zero-order chi connectivity index (χ0) is 18.9. The van der Waals surface area contributed by atoms with Crippen molar-refractivity contribution in [3.63, 3.8) is 0 Å². The fourth-order valence-corrected chi connectivity index (χ4v) is 3.29. The van der Waals surface area contributed by atoms with Crippen LogP contribution >= 0.6 is 24.0 Å². The number of piperazine rings is 1. The fraction of sp³-hybridized carbons (Fsp3) is 0.650. The molecule has 0 aromatic heterocycles. The van der Waals surface area contributed by atoms with Crippen LogP contribution in [0.5, 0.6) is 5.75 Å². The second-order valence-electron chi connectivity index (χ2n) is 6.94.